The normalized spacial score (nSPS) is 13.2. The molecule has 0 fully saturated rings. The van der Waals surface area contributed by atoms with E-state index in [9.17, 15) is 0 Å². The molecule has 14 heavy (non-hydrogen) atoms. The maximum absolute atomic E-state index is 5.46. The van der Waals surface area contributed by atoms with Crippen molar-refractivity contribution in [1.29, 1.82) is 0 Å². The number of nitrogens with two attached hydrogens (primary N) is 1. The molecule has 1 aromatic rings. The van der Waals surface area contributed by atoms with Gasteiger partial charge in [0.1, 0.15) is 0 Å². The zero-order valence-electron chi connectivity index (χ0n) is 9.28. The minimum Gasteiger partial charge on any atom is -0.368 e. The summed E-state index contributed by atoms with van der Waals surface area (Å²) in [5, 5.41) is 6.64. The second kappa shape index (κ2) is 4.30. The third-order valence-electron chi connectivity index (χ3n) is 2.28. The van der Waals surface area contributed by atoms with Gasteiger partial charge in [0, 0.05) is 13.1 Å². The lowest BCUT2D eigenvalue weighted by Gasteiger charge is -2.24. The average molecular weight is 197 g/mol. The van der Waals surface area contributed by atoms with Gasteiger partial charge >= 0.3 is 0 Å². The zero-order chi connectivity index (χ0) is 10.7. The maximum Gasteiger partial charge on any atom is 0.246 e. The van der Waals surface area contributed by atoms with Crippen molar-refractivity contribution in [3.63, 3.8) is 0 Å². The Morgan fingerprint density at radius 3 is 2.50 bits per heavy atom. The molecule has 0 saturated heterocycles. The van der Waals surface area contributed by atoms with Crippen molar-refractivity contribution in [2.75, 3.05) is 17.7 Å². The number of aromatic amines is 1. The fraction of sp³-hybridized carbons (Fsp3) is 0.778. The number of rotatable bonds is 4. The van der Waals surface area contributed by atoms with Gasteiger partial charge < -0.3 is 10.6 Å². The van der Waals surface area contributed by atoms with Crippen LogP contribution in [0.3, 0.4) is 0 Å². The Morgan fingerprint density at radius 2 is 2.07 bits per heavy atom. The van der Waals surface area contributed by atoms with Crippen LogP contribution in [-0.2, 0) is 0 Å². The molecule has 0 spiro atoms. The van der Waals surface area contributed by atoms with Crippen LogP contribution in [-0.4, -0.2) is 28.3 Å². The Bertz CT molecular complexity index is 280. The second-order valence-electron chi connectivity index (χ2n) is 4.11. The van der Waals surface area contributed by atoms with Gasteiger partial charge in [-0.1, -0.05) is 13.8 Å². The van der Waals surface area contributed by atoms with E-state index in [-0.39, 0.29) is 0 Å². The zero-order valence-corrected chi connectivity index (χ0v) is 9.28. The summed E-state index contributed by atoms with van der Waals surface area (Å²) in [6, 6.07) is 0.421. The number of hydrogen-bond acceptors (Lipinski definition) is 4. The summed E-state index contributed by atoms with van der Waals surface area (Å²) >= 11 is 0. The Hall–Kier alpha value is -1.26. The third-order valence-corrected chi connectivity index (χ3v) is 2.28. The third kappa shape index (κ3) is 2.61. The Balaban J connectivity index is 2.60. The minimum absolute atomic E-state index is 0.364. The van der Waals surface area contributed by atoms with E-state index in [0.717, 1.165) is 6.42 Å². The van der Waals surface area contributed by atoms with Crippen LogP contribution in [0.5, 0.6) is 0 Å². The molecule has 5 heteroatoms. The molecule has 1 atom stereocenters. The lowest BCUT2D eigenvalue weighted by Crippen LogP contribution is -2.30. The highest BCUT2D eigenvalue weighted by atomic mass is 15.4. The summed E-state index contributed by atoms with van der Waals surface area (Å²) in [5.74, 6) is 1.70. The van der Waals surface area contributed by atoms with Crippen LogP contribution in [0.1, 0.15) is 27.2 Å². The quantitative estimate of drug-likeness (QED) is 0.762. The molecule has 5 nitrogen and oxygen atoms in total. The molecule has 0 saturated carbocycles. The molecular weight excluding hydrogens is 178 g/mol. The van der Waals surface area contributed by atoms with Crippen molar-refractivity contribution in [3.8, 4) is 0 Å². The van der Waals surface area contributed by atoms with Gasteiger partial charge in [0.05, 0.1) is 0 Å². The van der Waals surface area contributed by atoms with Crippen LogP contribution in [0.15, 0.2) is 0 Å². The number of anilines is 2. The summed E-state index contributed by atoms with van der Waals surface area (Å²) in [6.45, 7) is 6.57. The van der Waals surface area contributed by atoms with E-state index in [2.05, 4.69) is 36.0 Å². The first-order chi connectivity index (χ1) is 6.50. The Labute approximate surface area is 84.7 Å². The van der Waals surface area contributed by atoms with Gasteiger partial charge in [0.2, 0.25) is 11.9 Å². The van der Waals surface area contributed by atoms with Gasteiger partial charge in [-0.25, -0.2) is 5.10 Å². The standard InChI is InChI=1S/C9H19N5/c1-6(2)5-7(3)14(4)9-11-8(10)12-13-9/h6-7H,5H2,1-4H3,(H3,10,11,12,13). The fourth-order valence-electron chi connectivity index (χ4n) is 1.46. The highest BCUT2D eigenvalue weighted by molar-refractivity contribution is 5.33. The summed E-state index contributed by atoms with van der Waals surface area (Å²) in [4.78, 5) is 6.11. The van der Waals surface area contributed by atoms with Crippen molar-refractivity contribution in [2.24, 2.45) is 5.92 Å². The molecule has 0 radical (unpaired) electrons. The highest BCUT2D eigenvalue weighted by Gasteiger charge is 2.14. The van der Waals surface area contributed by atoms with Crippen molar-refractivity contribution in [3.05, 3.63) is 0 Å². The molecule has 0 amide bonds. The molecule has 1 heterocycles. The molecule has 1 aromatic heterocycles. The number of nitrogens with zero attached hydrogens (tertiary/aromatic N) is 3. The smallest absolute Gasteiger partial charge is 0.246 e. The molecule has 1 unspecified atom stereocenters. The van der Waals surface area contributed by atoms with Crippen LogP contribution in [0.4, 0.5) is 11.9 Å². The first kappa shape index (κ1) is 10.8. The average Bonchev–Trinajstić information content (AvgIpc) is 2.49. The van der Waals surface area contributed by atoms with Gasteiger partial charge in [-0.15, -0.1) is 5.10 Å². The number of nitrogens with one attached hydrogen (secondary N) is 1. The Kier molecular flexibility index (Phi) is 3.33. The molecule has 0 aliphatic heterocycles. The van der Waals surface area contributed by atoms with Crippen LogP contribution in [0.2, 0.25) is 0 Å². The van der Waals surface area contributed by atoms with E-state index in [1.165, 1.54) is 0 Å². The van der Waals surface area contributed by atoms with Gasteiger partial charge in [-0.3, -0.25) is 0 Å². The van der Waals surface area contributed by atoms with Crippen molar-refractivity contribution in [2.45, 2.75) is 33.2 Å². The molecule has 0 aliphatic carbocycles. The van der Waals surface area contributed by atoms with Crippen molar-refractivity contribution < 1.29 is 0 Å². The van der Waals surface area contributed by atoms with Crippen LogP contribution < -0.4 is 10.6 Å². The van der Waals surface area contributed by atoms with Gasteiger partial charge in [0.25, 0.3) is 0 Å². The minimum atomic E-state index is 0.364. The summed E-state index contributed by atoms with van der Waals surface area (Å²) < 4.78 is 0. The van der Waals surface area contributed by atoms with Crippen LogP contribution >= 0.6 is 0 Å². The molecule has 0 aromatic carbocycles. The van der Waals surface area contributed by atoms with Crippen molar-refractivity contribution >= 4 is 11.9 Å². The van der Waals surface area contributed by atoms with Crippen LogP contribution in [0.25, 0.3) is 0 Å². The summed E-state index contributed by atoms with van der Waals surface area (Å²) in [5.41, 5.74) is 5.46. The molecule has 80 valence electrons. The monoisotopic (exact) mass is 197 g/mol. The predicted molar refractivity (Wildman–Crippen MR) is 58.1 cm³/mol. The molecule has 3 N–H and O–H groups in total. The van der Waals surface area contributed by atoms with Gasteiger partial charge in [0.15, 0.2) is 0 Å². The topological polar surface area (TPSA) is 70.8 Å². The first-order valence-corrected chi connectivity index (χ1v) is 4.91. The number of H-pyrrole nitrogens is 1. The second-order valence-corrected chi connectivity index (χ2v) is 4.11. The predicted octanol–water partition coefficient (Wildman–Crippen LogP) is 1.26. The SMILES string of the molecule is CC(C)CC(C)N(C)c1n[nH]c(N)n1. The number of aromatic nitrogens is 3. The van der Waals surface area contributed by atoms with Crippen molar-refractivity contribution in [1.82, 2.24) is 15.2 Å². The van der Waals surface area contributed by atoms with Gasteiger partial charge in [-0.2, -0.15) is 4.98 Å². The van der Waals surface area contributed by atoms with E-state index in [0.29, 0.717) is 23.9 Å². The van der Waals surface area contributed by atoms with E-state index < -0.39 is 0 Å². The van der Waals surface area contributed by atoms with Crippen LogP contribution in [0, 0.1) is 5.92 Å². The highest BCUT2D eigenvalue weighted by Crippen LogP contribution is 2.14. The number of nitrogen functional groups attached to an aromatic ring is 1. The largest absolute Gasteiger partial charge is 0.368 e. The molecular formula is C9H19N5. The van der Waals surface area contributed by atoms with E-state index in [1.807, 2.05) is 11.9 Å². The molecule has 0 bridgehead atoms. The van der Waals surface area contributed by atoms with E-state index in [1.54, 1.807) is 0 Å². The molecule has 0 aliphatic rings. The lowest BCUT2D eigenvalue weighted by atomic mass is 10.0. The maximum atomic E-state index is 5.46. The van der Waals surface area contributed by atoms with E-state index >= 15 is 0 Å². The van der Waals surface area contributed by atoms with Gasteiger partial charge in [-0.05, 0) is 19.3 Å². The van der Waals surface area contributed by atoms with E-state index in [4.69, 9.17) is 5.73 Å². The Morgan fingerprint density at radius 1 is 1.43 bits per heavy atom. The summed E-state index contributed by atoms with van der Waals surface area (Å²) in [7, 11) is 1.98. The summed E-state index contributed by atoms with van der Waals surface area (Å²) in [6.07, 6.45) is 1.12. The first-order valence-electron chi connectivity index (χ1n) is 4.91. The lowest BCUT2D eigenvalue weighted by molar-refractivity contribution is 0.500. The fourth-order valence-corrected chi connectivity index (χ4v) is 1.46. The number of hydrogen-bond donors (Lipinski definition) is 2. The molecule has 1 rings (SSSR count).